The summed E-state index contributed by atoms with van der Waals surface area (Å²) < 4.78 is 0. The Morgan fingerprint density at radius 3 is 2.06 bits per heavy atom. The molecule has 0 aliphatic carbocycles. The number of hydrogen-bond acceptors (Lipinski definition) is 4. The Balaban J connectivity index is 2.88. The Morgan fingerprint density at radius 1 is 1.17 bits per heavy atom. The first-order valence-electron chi connectivity index (χ1n) is 5.50. The topological polar surface area (TPSA) is 67.9 Å². The summed E-state index contributed by atoms with van der Waals surface area (Å²) in [4.78, 5) is 9.21. The van der Waals surface area contributed by atoms with Gasteiger partial charge in [-0.05, 0) is 19.1 Å². The molecule has 0 aromatic heterocycles. The molecule has 6 heteroatoms. The monoisotopic (exact) mass is 269 g/mol. The van der Waals surface area contributed by atoms with Gasteiger partial charge in [-0.1, -0.05) is 32.4 Å². The van der Waals surface area contributed by atoms with E-state index >= 15 is 0 Å². The van der Waals surface area contributed by atoms with Crippen LogP contribution in [-0.2, 0) is 0 Å². The molecule has 5 nitrogen and oxygen atoms in total. The third-order valence-electron chi connectivity index (χ3n) is 2.78. The van der Waals surface area contributed by atoms with Gasteiger partial charge in [0, 0.05) is 17.5 Å². The van der Waals surface area contributed by atoms with Crippen LogP contribution in [0.4, 0.5) is 11.4 Å². The first-order chi connectivity index (χ1) is 8.13. The highest BCUT2D eigenvalue weighted by Gasteiger charge is 2.35. The first kappa shape index (κ1) is 14.6. The van der Waals surface area contributed by atoms with E-state index in [2.05, 4.69) is 10.2 Å². The molecule has 0 heterocycles. The standard InChI is InChI=1S/C12H16ClN3O2/c1-11(2,3)12(4,13)15-14-9-5-7-10(8-6-9)16(17)18/h5-8H,1-4H3. The first-order valence-corrected chi connectivity index (χ1v) is 5.87. The molecule has 0 spiro atoms. The Hall–Kier alpha value is -1.49. The molecule has 0 aliphatic heterocycles. The van der Waals surface area contributed by atoms with Gasteiger partial charge in [0.05, 0.1) is 10.6 Å². The summed E-state index contributed by atoms with van der Waals surface area (Å²) in [6.45, 7) is 7.68. The van der Waals surface area contributed by atoms with Crippen molar-refractivity contribution in [3.63, 3.8) is 0 Å². The number of nitro groups is 1. The molecule has 0 amide bonds. The van der Waals surface area contributed by atoms with Crippen molar-refractivity contribution in [2.24, 2.45) is 15.6 Å². The minimum atomic E-state index is -0.825. The third kappa shape index (κ3) is 3.50. The molecule has 0 saturated carbocycles. The van der Waals surface area contributed by atoms with Gasteiger partial charge in [-0.2, -0.15) is 10.2 Å². The second-order valence-electron chi connectivity index (χ2n) is 5.18. The predicted octanol–water partition coefficient (Wildman–Crippen LogP) is 4.68. The SMILES string of the molecule is CC(C)(C)C(C)(Cl)N=Nc1ccc([N+](=O)[O-])cc1. The van der Waals surface area contributed by atoms with Crippen LogP contribution in [0.3, 0.4) is 0 Å². The van der Waals surface area contributed by atoms with Gasteiger partial charge < -0.3 is 0 Å². The van der Waals surface area contributed by atoms with E-state index in [-0.39, 0.29) is 11.1 Å². The van der Waals surface area contributed by atoms with E-state index in [0.717, 1.165) is 0 Å². The van der Waals surface area contributed by atoms with Gasteiger partial charge in [-0.15, -0.1) is 0 Å². The van der Waals surface area contributed by atoms with Crippen molar-refractivity contribution in [2.75, 3.05) is 0 Å². The number of halogens is 1. The smallest absolute Gasteiger partial charge is 0.258 e. The van der Waals surface area contributed by atoms with Crippen LogP contribution in [0.25, 0.3) is 0 Å². The average molecular weight is 270 g/mol. The molecule has 18 heavy (non-hydrogen) atoms. The van der Waals surface area contributed by atoms with E-state index in [0.29, 0.717) is 5.69 Å². The number of nitro benzene ring substituents is 1. The molecular formula is C12H16ClN3O2. The Labute approximate surface area is 111 Å². The molecule has 1 unspecified atom stereocenters. The van der Waals surface area contributed by atoms with Gasteiger partial charge >= 0.3 is 0 Å². The summed E-state index contributed by atoms with van der Waals surface area (Å²) in [5.41, 5.74) is 0.328. The van der Waals surface area contributed by atoms with Crippen LogP contribution in [0, 0.1) is 15.5 Å². The molecular weight excluding hydrogens is 254 g/mol. The summed E-state index contributed by atoms with van der Waals surface area (Å²) in [5.74, 6) is 0. The van der Waals surface area contributed by atoms with E-state index in [1.54, 1.807) is 6.92 Å². The lowest BCUT2D eigenvalue weighted by atomic mass is 9.88. The normalized spacial score (nSPS) is 15.6. The quantitative estimate of drug-likeness (QED) is 0.263. The maximum atomic E-state index is 10.5. The molecule has 0 saturated heterocycles. The minimum absolute atomic E-state index is 0.0263. The van der Waals surface area contributed by atoms with Crippen molar-refractivity contribution in [2.45, 2.75) is 32.7 Å². The van der Waals surface area contributed by atoms with Gasteiger partial charge in [0.15, 0.2) is 5.00 Å². The molecule has 1 rings (SSSR count). The van der Waals surface area contributed by atoms with E-state index in [9.17, 15) is 10.1 Å². The predicted molar refractivity (Wildman–Crippen MR) is 71.3 cm³/mol. The van der Waals surface area contributed by atoms with E-state index in [1.807, 2.05) is 20.8 Å². The van der Waals surface area contributed by atoms with Crippen LogP contribution in [0.15, 0.2) is 34.5 Å². The summed E-state index contributed by atoms with van der Waals surface area (Å²) in [5, 5.41) is 18.6. The molecule has 0 radical (unpaired) electrons. The van der Waals surface area contributed by atoms with Crippen LogP contribution in [-0.4, -0.2) is 9.92 Å². The molecule has 98 valence electrons. The fourth-order valence-electron chi connectivity index (χ4n) is 0.943. The third-order valence-corrected chi connectivity index (χ3v) is 3.43. The van der Waals surface area contributed by atoms with Crippen molar-refractivity contribution in [1.82, 2.24) is 0 Å². The lowest BCUT2D eigenvalue weighted by Gasteiger charge is -2.31. The summed E-state index contributed by atoms with van der Waals surface area (Å²) in [6, 6.07) is 5.85. The van der Waals surface area contributed by atoms with Crippen molar-refractivity contribution < 1.29 is 4.92 Å². The number of alkyl halides is 1. The van der Waals surface area contributed by atoms with Crippen LogP contribution in [0.2, 0.25) is 0 Å². The molecule has 0 fully saturated rings. The number of non-ortho nitro benzene ring substituents is 1. The van der Waals surface area contributed by atoms with E-state index in [4.69, 9.17) is 11.6 Å². The van der Waals surface area contributed by atoms with Gasteiger partial charge in [-0.3, -0.25) is 10.1 Å². The van der Waals surface area contributed by atoms with Crippen molar-refractivity contribution >= 4 is 23.0 Å². The zero-order valence-electron chi connectivity index (χ0n) is 10.8. The largest absolute Gasteiger partial charge is 0.269 e. The number of hydrogen-bond donors (Lipinski definition) is 0. The Morgan fingerprint density at radius 2 is 1.67 bits per heavy atom. The molecule has 1 atom stereocenters. The molecule has 0 aliphatic rings. The van der Waals surface area contributed by atoms with Crippen LogP contribution < -0.4 is 0 Å². The van der Waals surface area contributed by atoms with Crippen LogP contribution >= 0.6 is 11.6 Å². The summed E-state index contributed by atoms with van der Waals surface area (Å²) in [6.07, 6.45) is 0. The maximum Gasteiger partial charge on any atom is 0.269 e. The highest BCUT2D eigenvalue weighted by Crippen LogP contribution is 2.38. The molecule has 0 N–H and O–H groups in total. The zero-order chi connectivity index (χ0) is 14.0. The molecule has 1 aromatic carbocycles. The lowest BCUT2D eigenvalue weighted by molar-refractivity contribution is -0.384. The van der Waals surface area contributed by atoms with Gasteiger partial charge in [0.25, 0.3) is 5.69 Å². The number of nitrogens with zero attached hydrogens (tertiary/aromatic N) is 3. The minimum Gasteiger partial charge on any atom is -0.258 e. The van der Waals surface area contributed by atoms with Gasteiger partial charge in [0.1, 0.15) is 0 Å². The Kier molecular flexibility index (Phi) is 4.06. The van der Waals surface area contributed by atoms with E-state index < -0.39 is 9.92 Å². The summed E-state index contributed by atoms with van der Waals surface area (Å²) in [7, 11) is 0. The van der Waals surface area contributed by atoms with E-state index in [1.165, 1.54) is 24.3 Å². The van der Waals surface area contributed by atoms with Gasteiger partial charge in [-0.25, -0.2) is 0 Å². The summed E-state index contributed by atoms with van der Waals surface area (Å²) >= 11 is 6.28. The molecule has 1 aromatic rings. The number of benzene rings is 1. The fourth-order valence-corrected chi connectivity index (χ4v) is 0.980. The second kappa shape index (κ2) is 5.02. The maximum absolute atomic E-state index is 10.5. The second-order valence-corrected chi connectivity index (χ2v) is 5.91. The van der Waals surface area contributed by atoms with Crippen LogP contribution in [0.1, 0.15) is 27.7 Å². The lowest BCUT2D eigenvalue weighted by Crippen LogP contribution is -2.31. The van der Waals surface area contributed by atoms with Gasteiger partial charge in [0.2, 0.25) is 0 Å². The number of azo groups is 1. The van der Waals surface area contributed by atoms with Crippen LogP contribution in [0.5, 0.6) is 0 Å². The van der Waals surface area contributed by atoms with Crippen molar-refractivity contribution in [3.8, 4) is 0 Å². The number of rotatable bonds is 3. The average Bonchev–Trinajstić information content (AvgIpc) is 2.25. The Bertz CT molecular complexity index is 461. The zero-order valence-corrected chi connectivity index (χ0v) is 11.6. The highest BCUT2D eigenvalue weighted by atomic mass is 35.5. The molecule has 0 bridgehead atoms. The van der Waals surface area contributed by atoms with Crippen molar-refractivity contribution in [1.29, 1.82) is 0 Å². The van der Waals surface area contributed by atoms with Crippen molar-refractivity contribution in [3.05, 3.63) is 34.4 Å². The highest BCUT2D eigenvalue weighted by molar-refractivity contribution is 6.23. The fraction of sp³-hybridized carbons (Fsp3) is 0.500.